The van der Waals surface area contributed by atoms with E-state index in [1.54, 1.807) is 0 Å². The van der Waals surface area contributed by atoms with Gasteiger partial charge in [-0.3, -0.25) is 0 Å². The van der Waals surface area contributed by atoms with Crippen LogP contribution in [-0.4, -0.2) is 14.1 Å². The quantitative estimate of drug-likeness (QED) is 0.786. The Labute approximate surface area is 114 Å². The number of benzene rings is 2. The second kappa shape index (κ2) is 4.61. The van der Waals surface area contributed by atoms with Gasteiger partial charge in [-0.2, -0.15) is 0 Å². The number of para-hydroxylation sites is 1. The summed E-state index contributed by atoms with van der Waals surface area (Å²) in [4.78, 5) is 2.17. The van der Waals surface area contributed by atoms with E-state index in [-0.39, 0.29) is 0 Å². The molecule has 2 aromatic carbocycles. The van der Waals surface area contributed by atoms with Crippen LogP contribution in [0.4, 0.5) is 5.69 Å². The molecule has 2 nitrogen and oxygen atoms in total. The van der Waals surface area contributed by atoms with Crippen LogP contribution < -0.4 is 9.64 Å². The van der Waals surface area contributed by atoms with Crippen LogP contribution in [0.3, 0.4) is 0 Å². The molecule has 3 rings (SSSR count). The molecule has 0 saturated heterocycles. The Morgan fingerprint density at radius 2 is 1.74 bits per heavy atom. The fourth-order valence-corrected chi connectivity index (χ4v) is 2.92. The van der Waals surface area contributed by atoms with Gasteiger partial charge in [0.1, 0.15) is 11.5 Å². The largest absolute Gasteiger partial charge is 0.457 e. The molecule has 2 aromatic rings. The first-order valence-electron chi connectivity index (χ1n) is 6.79. The lowest BCUT2D eigenvalue weighted by Gasteiger charge is -2.31. The molecule has 0 fully saturated rings. The van der Waals surface area contributed by atoms with Crippen LogP contribution in [0.2, 0.25) is 0 Å². The maximum absolute atomic E-state index is 6.07. The van der Waals surface area contributed by atoms with Gasteiger partial charge in [-0.25, -0.2) is 0 Å². The summed E-state index contributed by atoms with van der Waals surface area (Å²) in [7, 11) is 4.17. The van der Waals surface area contributed by atoms with Crippen molar-refractivity contribution < 1.29 is 4.74 Å². The highest BCUT2D eigenvalue weighted by Gasteiger charge is 2.28. The summed E-state index contributed by atoms with van der Waals surface area (Å²) in [5.74, 6) is 2.41. The fourth-order valence-electron chi connectivity index (χ4n) is 2.92. The molecule has 0 spiro atoms. The minimum absolute atomic E-state index is 0.415. The Morgan fingerprint density at radius 3 is 2.47 bits per heavy atom. The first kappa shape index (κ1) is 12.1. The minimum Gasteiger partial charge on any atom is -0.457 e. The molecule has 0 aromatic heterocycles. The second-order valence-electron chi connectivity index (χ2n) is 5.18. The van der Waals surface area contributed by atoms with Crippen molar-refractivity contribution in [1.29, 1.82) is 0 Å². The van der Waals surface area contributed by atoms with Crippen LogP contribution in [0, 0.1) is 0 Å². The molecule has 1 unspecified atom stereocenters. The molecule has 0 radical (unpaired) electrons. The van der Waals surface area contributed by atoms with Crippen LogP contribution >= 0.6 is 0 Å². The van der Waals surface area contributed by atoms with Crippen molar-refractivity contribution in [3.05, 3.63) is 53.6 Å². The maximum Gasteiger partial charge on any atom is 0.133 e. The highest BCUT2D eigenvalue weighted by atomic mass is 16.5. The highest BCUT2D eigenvalue weighted by Crippen LogP contribution is 2.48. The van der Waals surface area contributed by atoms with Gasteiger partial charge in [-0.1, -0.05) is 31.2 Å². The number of nitrogens with zero attached hydrogens (tertiary/aromatic N) is 1. The third-order valence-electron chi connectivity index (χ3n) is 3.80. The zero-order valence-corrected chi connectivity index (χ0v) is 11.7. The van der Waals surface area contributed by atoms with Crippen LogP contribution in [0.1, 0.15) is 30.4 Å². The molecule has 19 heavy (non-hydrogen) atoms. The van der Waals surface area contributed by atoms with Gasteiger partial charge in [-0.15, -0.1) is 0 Å². The summed E-state index contributed by atoms with van der Waals surface area (Å²) in [6.45, 7) is 2.24. The van der Waals surface area contributed by atoms with Crippen LogP contribution in [-0.2, 0) is 0 Å². The van der Waals surface area contributed by atoms with Crippen molar-refractivity contribution in [3.63, 3.8) is 0 Å². The number of rotatable bonds is 2. The van der Waals surface area contributed by atoms with E-state index in [2.05, 4.69) is 62.3 Å². The molecular formula is C17H19NO. The standard InChI is InChI=1S/C17H19NO/c1-4-12-13-8-5-6-10-15(13)19-16-11-7-9-14(17(12)16)18(2)3/h5-12H,4H2,1-3H3. The van der Waals surface area contributed by atoms with Crippen LogP contribution in [0.25, 0.3) is 0 Å². The van der Waals surface area contributed by atoms with Crippen molar-refractivity contribution in [2.24, 2.45) is 0 Å². The van der Waals surface area contributed by atoms with E-state index in [0.29, 0.717) is 5.92 Å². The molecule has 0 amide bonds. The number of hydrogen-bond donors (Lipinski definition) is 0. The van der Waals surface area contributed by atoms with E-state index in [1.165, 1.54) is 16.8 Å². The van der Waals surface area contributed by atoms with Gasteiger partial charge in [0.05, 0.1) is 0 Å². The molecule has 1 aliphatic heterocycles. The van der Waals surface area contributed by atoms with Gasteiger partial charge in [0.25, 0.3) is 0 Å². The molecule has 0 N–H and O–H groups in total. The van der Waals surface area contributed by atoms with E-state index < -0.39 is 0 Å². The molecule has 1 aliphatic rings. The Kier molecular flexibility index (Phi) is 2.94. The summed E-state index contributed by atoms with van der Waals surface area (Å²) in [5, 5.41) is 0. The van der Waals surface area contributed by atoms with Gasteiger partial charge in [0, 0.05) is 36.8 Å². The van der Waals surface area contributed by atoms with Crippen molar-refractivity contribution >= 4 is 5.69 Å². The van der Waals surface area contributed by atoms with Crippen molar-refractivity contribution in [3.8, 4) is 11.5 Å². The van der Waals surface area contributed by atoms with Crippen molar-refractivity contribution in [2.75, 3.05) is 19.0 Å². The SMILES string of the molecule is CCC1c2ccccc2Oc2cccc(N(C)C)c21. The van der Waals surface area contributed by atoms with Crippen LogP contribution in [0.5, 0.6) is 11.5 Å². The third kappa shape index (κ3) is 1.88. The first-order valence-corrected chi connectivity index (χ1v) is 6.79. The summed E-state index contributed by atoms with van der Waals surface area (Å²) < 4.78 is 6.07. The lowest BCUT2D eigenvalue weighted by Crippen LogP contribution is -2.17. The van der Waals surface area contributed by atoms with Crippen LogP contribution in [0.15, 0.2) is 42.5 Å². The zero-order chi connectivity index (χ0) is 13.4. The summed E-state index contributed by atoms with van der Waals surface area (Å²) in [5.41, 5.74) is 3.86. The summed E-state index contributed by atoms with van der Waals surface area (Å²) in [6.07, 6.45) is 1.08. The predicted molar refractivity (Wildman–Crippen MR) is 79.4 cm³/mol. The summed E-state index contributed by atoms with van der Waals surface area (Å²) >= 11 is 0. The van der Waals surface area contributed by atoms with Crippen molar-refractivity contribution in [1.82, 2.24) is 0 Å². The number of fused-ring (bicyclic) bond motifs is 2. The zero-order valence-electron chi connectivity index (χ0n) is 11.7. The molecule has 0 aliphatic carbocycles. The Hall–Kier alpha value is -1.96. The topological polar surface area (TPSA) is 12.5 Å². The van der Waals surface area contributed by atoms with Gasteiger partial charge in [0.15, 0.2) is 0 Å². The average molecular weight is 253 g/mol. The second-order valence-corrected chi connectivity index (χ2v) is 5.18. The maximum atomic E-state index is 6.07. The Balaban J connectivity index is 2.22. The van der Waals surface area contributed by atoms with Gasteiger partial charge >= 0.3 is 0 Å². The average Bonchev–Trinajstić information content (AvgIpc) is 2.43. The molecule has 1 atom stereocenters. The van der Waals surface area contributed by atoms with E-state index in [9.17, 15) is 0 Å². The molecule has 1 heterocycles. The lowest BCUT2D eigenvalue weighted by atomic mass is 9.85. The monoisotopic (exact) mass is 253 g/mol. The van der Waals surface area contributed by atoms with Crippen molar-refractivity contribution in [2.45, 2.75) is 19.3 Å². The number of ether oxygens (including phenoxy) is 1. The Bertz CT molecular complexity index is 604. The molecule has 0 bridgehead atoms. The first-order chi connectivity index (χ1) is 9.22. The van der Waals surface area contributed by atoms with E-state index in [1.807, 2.05) is 6.07 Å². The molecular weight excluding hydrogens is 234 g/mol. The van der Waals surface area contributed by atoms with E-state index in [4.69, 9.17) is 4.74 Å². The fraction of sp³-hybridized carbons (Fsp3) is 0.294. The highest BCUT2D eigenvalue weighted by molar-refractivity contribution is 5.66. The van der Waals surface area contributed by atoms with Gasteiger partial charge in [0.2, 0.25) is 0 Å². The third-order valence-corrected chi connectivity index (χ3v) is 3.80. The molecule has 98 valence electrons. The normalized spacial score (nSPS) is 16.3. The predicted octanol–water partition coefficient (Wildman–Crippen LogP) is 4.40. The number of anilines is 1. The van der Waals surface area contributed by atoms with Gasteiger partial charge in [-0.05, 0) is 24.6 Å². The van der Waals surface area contributed by atoms with E-state index in [0.717, 1.165) is 17.9 Å². The summed E-state index contributed by atoms with van der Waals surface area (Å²) in [6, 6.07) is 14.7. The Morgan fingerprint density at radius 1 is 1.00 bits per heavy atom. The van der Waals surface area contributed by atoms with Gasteiger partial charge < -0.3 is 9.64 Å². The smallest absolute Gasteiger partial charge is 0.133 e. The van der Waals surface area contributed by atoms with E-state index >= 15 is 0 Å². The minimum atomic E-state index is 0.415. The molecule has 0 saturated carbocycles. The lowest BCUT2D eigenvalue weighted by molar-refractivity contribution is 0.443. The molecule has 2 heteroatoms. The number of hydrogen-bond acceptors (Lipinski definition) is 2.